The average molecular weight is 259 g/mol. The molecule has 92 valence electrons. The first-order valence-electron chi connectivity index (χ1n) is 5.77. The topological polar surface area (TPSA) is 61.0 Å². The maximum absolute atomic E-state index is 5.93. The highest BCUT2D eigenvalue weighted by atomic mass is 32.2. The van der Waals surface area contributed by atoms with Crippen LogP contribution in [0.2, 0.25) is 0 Å². The number of ether oxygens (including phenoxy) is 1. The molecule has 0 bridgehead atoms. The molecule has 1 aromatic carbocycles. The van der Waals surface area contributed by atoms with Crippen molar-refractivity contribution in [1.82, 2.24) is 9.97 Å². The molecule has 0 radical (unpaired) electrons. The number of nitrogens with zero attached hydrogens (tertiary/aromatic N) is 2. The summed E-state index contributed by atoms with van der Waals surface area (Å²) in [7, 11) is 0. The number of hydrogen-bond donors (Lipinski definition) is 1. The zero-order valence-corrected chi connectivity index (χ0v) is 10.6. The van der Waals surface area contributed by atoms with Gasteiger partial charge in [-0.15, -0.1) is 11.8 Å². The normalized spacial score (nSPS) is 17.9. The summed E-state index contributed by atoms with van der Waals surface area (Å²) in [5.41, 5.74) is 6.43. The fraction of sp³-hybridized carbons (Fsp3) is 0.231. The molecular formula is C13H13N3OS. The SMILES string of the molecule is NCc1ccnc(C2CSc3ccccc3O2)n1. The van der Waals surface area contributed by atoms with Crippen molar-refractivity contribution in [3.05, 3.63) is 48.0 Å². The van der Waals surface area contributed by atoms with Gasteiger partial charge in [0.1, 0.15) is 5.75 Å². The monoisotopic (exact) mass is 259 g/mol. The highest BCUT2D eigenvalue weighted by Crippen LogP contribution is 2.39. The fourth-order valence-electron chi connectivity index (χ4n) is 1.83. The van der Waals surface area contributed by atoms with Crippen molar-refractivity contribution in [3.63, 3.8) is 0 Å². The van der Waals surface area contributed by atoms with Crippen LogP contribution in [0.1, 0.15) is 17.6 Å². The van der Waals surface area contributed by atoms with Crippen LogP contribution >= 0.6 is 11.8 Å². The van der Waals surface area contributed by atoms with Gasteiger partial charge < -0.3 is 10.5 Å². The van der Waals surface area contributed by atoms with E-state index in [4.69, 9.17) is 10.5 Å². The van der Waals surface area contributed by atoms with Gasteiger partial charge in [-0.2, -0.15) is 0 Å². The van der Waals surface area contributed by atoms with Gasteiger partial charge in [-0.3, -0.25) is 0 Å². The number of hydrogen-bond acceptors (Lipinski definition) is 5. The van der Waals surface area contributed by atoms with E-state index in [1.165, 1.54) is 4.90 Å². The molecule has 0 amide bonds. The largest absolute Gasteiger partial charge is 0.480 e. The third kappa shape index (κ3) is 2.19. The second kappa shape index (κ2) is 4.96. The lowest BCUT2D eigenvalue weighted by molar-refractivity contribution is 0.210. The van der Waals surface area contributed by atoms with Crippen LogP contribution in [0.3, 0.4) is 0 Å². The maximum Gasteiger partial charge on any atom is 0.170 e. The van der Waals surface area contributed by atoms with Crippen molar-refractivity contribution in [1.29, 1.82) is 0 Å². The number of nitrogens with two attached hydrogens (primary N) is 1. The molecule has 18 heavy (non-hydrogen) atoms. The quantitative estimate of drug-likeness (QED) is 0.895. The maximum atomic E-state index is 5.93. The molecule has 0 aliphatic carbocycles. The molecule has 1 aliphatic heterocycles. The fourth-order valence-corrected chi connectivity index (χ4v) is 2.81. The molecule has 0 saturated carbocycles. The van der Waals surface area contributed by atoms with E-state index in [0.29, 0.717) is 12.4 Å². The Balaban J connectivity index is 1.87. The Morgan fingerprint density at radius 3 is 3.11 bits per heavy atom. The molecular weight excluding hydrogens is 246 g/mol. The summed E-state index contributed by atoms with van der Waals surface area (Å²) in [6.45, 7) is 0.423. The number of thioether (sulfide) groups is 1. The van der Waals surface area contributed by atoms with E-state index in [0.717, 1.165) is 17.2 Å². The standard InChI is InChI=1S/C13H13N3OS/c14-7-9-5-6-15-13(16-9)11-8-18-12-4-2-1-3-10(12)17-11/h1-6,11H,7-8,14H2. The molecule has 2 heterocycles. The molecule has 5 heteroatoms. The van der Waals surface area contributed by atoms with Gasteiger partial charge in [-0.05, 0) is 18.2 Å². The van der Waals surface area contributed by atoms with Gasteiger partial charge in [0.2, 0.25) is 0 Å². The van der Waals surface area contributed by atoms with Crippen molar-refractivity contribution in [3.8, 4) is 5.75 Å². The third-order valence-electron chi connectivity index (χ3n) is 2.74. The van der Waals surface area contributed by atoms with Crippen molar-refractivity contribution >= 4 is 11.8 Å². The summed E-state index contributed by atoms with van der Waals surface area (Å²) in [4.78, 5) is 9.86. The number of para-hydroxylation sites is 1. The van der Waals surface area contributed by atoms with E-state index in [1.54, 1.807) is 18.0 Å². The van der Waals surface area contributed by atoms with Crippen LogP contribution < -0.4 is 10.5 Å². The van der Waals surface area contributed by atoms with E-state index in [-0.39, 0.29) is 6.10 Å². The zero-order chi connectivity index (χ0) is 12.4. The molecule has 1 unspecified atom stereocenters. The van der Waals surface area contributed by atoms with E-state index >= 15 is 0 Å². The summed E-state index contributed by atoms with van der Waals surface area (Å²) >= 11 is 1.77. The van der Waals surface area contributed by atoms with Crippen molar-refractivity contribution in [2.45, 2.75) is 17.5 Å². The molecule has 0 saturated heterocycles. The molecule has 1 aliphatic rings. The van der Waals surface area contributed by atoms with Crippen LogP contribution in [-0.2, 0) is 6.54 Å². The van der Waals surface area contributed by atoms with Crippen molar-refractivity contribution in [2.24, 2.45) is 5.73 Å². The lowest BCUT2D eigenvalue weighted by Crippen LogP contribution is -2.18. The molecule has 0 spiro atoms. The van der Waals surface area contributed by atoms with E-state index in [9.17, 15) is 0 Å². The van der Waals surface area contributed by atoms with Gasteiger partial charge >= 0.3 is 0 Å². The molecule has 2 N–H and O–H groups in total. The van der Waals surface area contributed by atoms with Crippen molar-refractivity contribution in [2.75, 3.05) is 5.75 Å². The highest BCUT2D eigenvalue weighted by molar-refractivity contribution is 7.99. The summed E-state index contributed by atoms with van der Waals surface area (Å²) in [6.07, 6.45) is 1.63. The first-order valence-corrected chi connectivity index (χ1v) is 6.76. The van der Waals surface area contributed by atoms with Crippen LogP contribution in [0.25, 0.3) is 0 Å². The third-order valence-corrected chi connectivity index (χ3v) is 3.86. The molecule has 1 aromatic heterocycles. The minimum atomic E-state index is -0.101. The Bertz CT molecular complexity index is 561. The van der Waals surface area contributed by atoms with E-state index in [2.05, 4.69) is 16.0 Å². The summed E-state index contributed by atoms with van der Waals surface area (Å²) in [6, 6.07) is 9.85. The van der Waals surface area contributed by atoms with Crippen LogP contribution in [0.5, 0.6) is 5.75 Å². The van der Waals surface area contributed by atoms with Gasteiger partial charge in [-0.1, -0.05) is 12.1 Å². The van der Waals surface area contributed by atoms with Gasteiger partial charge in [0.15, 0.2) is 11.9 Å². The Kier molecular flexibility index (Phi) is 3.17. The smallest absolute Gasteiger partial charge is 0.170 e. The Labute approximate surface area is 110 Å². The number of rotatable bonds is 2. The minimum Gasteiger partial charge on any atom is -0.480 e. The second-order valence-corrected chi connectivity index (χ2v) is 5.04. The number of benzene rings is 1. The summed E-state index contributed by atoms with van der Waals surface area (Å²) < 4.78 is 5.93. The van der Waals surface area contributed by atoms with E-state index in [1.807, 2.05) is 24.3 Å². The Hall–Kier alpha value is -1.59. The average Bonchev–Trinajstić information content (AvgIpc) is 2.47. The lowest BCUT2D eigenvalue weighted by Gasteiger charge is -2.24. The molecule has 0 fully saturated rings. The molecule has 4 nitrogen and oxygen atoms in total. The predicted molar refractivity (Wildman–Crippen MR) is 70.5 cm³/mol. The number of aromatic nitrogens is 2. The summed E-state index contributed by atoms with van der Waals surface area (Å²) in [5, 5.41) is 0. The zero-order valence-electron chi connectivity index (χ0n) is 9.74. The summed E-state index contributed by atoms with van der Waals surface area (Å²) in [5.74, 6) is 2.44. The van der Waals surface area contributed by atoms with Gasteiger partial charge in [0.05, 0.1) is 5.69 Å². The minimum absolute atomic E-state index is 0.101. The van der Waals surface area contributed by atoms with Gasteiger partial charge in [0.25, 0.3) is 0 Å². The highest BCUT2D eigenvalue weighted by Gasteiger charge is 2.23. The Morgan fingerprint density at radius 1 is 1.33 bits per heavy atom. The Morgan fingerprint density at radius 2 is 2.22 bits per heavy atom. The lowest BCUT2D eigenvalue weighted by atomic mass is 10.3. The van der Waals surface area contributed by atoms with Gasteiger partial charge in [-0.25, -0.2) is 9.97 Å². The van der Waals surface area contributed by atoms with Crippen molar-refractivity contribution < 1.29 is 4.74 Å². The predicted octanol–water partition coefficient (Wildman–Crippen LogP) is 2.16. The first kappa shape index (κ1) is 11.5. The van der Waals surface area contributed by atoms with Crippen LogP contribution in [0, 0.1) is 0 Å². The molecule has 3 rings (SSSR count). The van der Waals surface area contributed by atoms with Crippen LogP contribution in [0.15, 0.2) is 41.4 Å². The van der Waals surface area contributed by atoms with Crippen LogP contribution in [0.4, 0.5) is 0 Å². The second-order valence-electron chi connectivity index (χ2n) is 3.97. The van der Waals surface area contributed by atoms with Gasteiger partial charge in [0, 0.05) is 23.4 Å². The van der Waals surface area contributed by atoms with Crippen LogP contribution in [-0.4, -0.2) is 15.7 Å². The molecule has 2 aromatic rings. The number of fused-ring (bicyclic) bond motifs is 1. The first-order chi connectivity index (χ1) is 8.86. The van der Waals surface area contributed by atoms with E-state index < -0.39 is 0 Å². The molecule has 1 atom stereocenters.